The van der Waals surface area contributed by atoms with E-state index in [0.29, 0.717) is 5.75 Å². The third-order valence-corrected chi connectivity index (χ3v) is 2.03. The smallest absolute Gasteiger partial charge is 0.324 e. The molecule has 0 aliphatic heterocycles. The number of rotatable bonds is 4. The number of carbonyl (C=O) groups is 1. The molecule has 0 saturated carbocycles. The molecule has 0 radical (unpaired) electrons. The first kappa shape index (κ1) is 10.8. The Morgan fingerprint density at radius 1 is 1.73 bits per heavy atom. The Kier molecular flexibility index (Phi) is 3.89. The fourth-order valence-electron chi connectivity index (χ4n) is 0.812. The molecular formula is C7H15NO2S. The normalized spacial score (nSPS) is 16.5. The Morgan fingerprint density at radius 3 is 2.27 bits per heavy atom. The number of nitrogens with one attached hydrogen (secondary N) is 1. The maximum Gasteiger partial charge on any atom is 0.324 e. The molecule has 0 aliphatic carbocycles. The van der Waals surface area contributed by atoms with Gasteiger partial charge in [-0.2, -0.15) is 12.6 Å². The van der Waals surface area contributed by atoms with Crippen LogP contribution >= 0.6 is 12.6 Å². The van der Waals surface area contributed by atoms with E-state index in [1.165, 1.54) is 0 Å². The van der Waals surface area contributed by atoms with Crippen LogP contribution in [0.15, 0.2) is 0 Å². The predicted octanol–water partition coefficient (Wildman–Crippen LogP) is 0.757. The Bertz CT molecular complexity index is 149. The van der Waals surface area contributed by atoms with E-state index in [9.17, 15) is 4.79 Å². The summed E-state index contributed by atoms with van der Waals surface area (Å²) in [6.45, 7) is 5.44. The third kappa shape index (κ3) is 3.12. The van der Waals surface area contributed by atoms with Gasteiger partial charge in [0.25, 0.3) is 0 Å². The van der Waals surface area contributed by atoms with Crippen molar-refractivity contribution in [2.45, 2.75) is 32.4 Å². The van der Waals surface area contributed by atoms with Gasteiger partial charge in [0.1, 0.15) is 5.54 Å². The van der Waals surface area contributed by atoms with Gasteiger partial charge in [0.2, 0.25) is 0 Å². The minimum Gasteiger partial charge on any atom is -0.480 e. The quantitative estimate of drug-likeness (QED) is 0.556. The monoisotopic (exact) mass is 177 g/mol. The van der Waals surface area contributed by atoms with Crippen molar-refractivity contribution >= 4 is 18.6 Å². The number of aliphatic carboxylic acids is 1. The Hall–Kier alpha value is -0.220. The molecule has 0 unspecified atom stereocenters. The van der Waals surface area contributed by atoms with Crippen LogP contribution in [0, 0.1) is 0 Å². The average molecular weight is 177 g/mol. The fraction of sp³-hybridized carbons (Fsp3) is 0.857. The number of hydrogen-bond donors (Lipinski definition) is 3. The molecule has 1 atom stereocenters. The molecule has 0 spiro atoms. The molecule has 0 aromatic heterocycles. The van der Waals surface area contributed by atoms with E-state index in [2.05, 4.69) is 17.9 Å². The van der Waals surface area contributed by atoms with E-state index in [-0.39, 0.29) is 6.04 Å². The topological polar surface area (TPSA) is 49.3 Å². The van der Waals surface area contributed by atoms with Gasteiger partial charge in [0.05, 0.1) is 0 Å². The van der Waals surface area contributed by atoms with Crippen molar-refractivity contribution < 1.29 is 9.90 Å². The van der Waals surface area contributed by atoms with Gasteiger partial charge in [0, 0.05) is 11.8 Å². The summed E-state index contributed by atoms with van der Waals surface area (Å²) in [5.74, 6) is -0.568. The lowest BCUT2D eigenvalue weighted by Gasteiger charge is -2.26. The van der Waals surface area contributed by atoms with Crippen LogP contribution in [0.5, 0.6) is 0 Å². The summed E-state index contributed by atoms with van der Waals surface area (Å²) in [6.07, 6.45) is 0. The maximum atomic E-state index is 10.7. The average Bonchev–Trinajstić information content (AvgIpc) is 1.86. The van der Waals surface area contributed by atoms with E-state index in [1.54, 1.807) is 6.92 Å². The summed E-state index contributed by atoms with van der Waals surface area (Å²) >= 11 is 3.97. The van der Waals surface area contributed by atoms with Gasteiger partial charge in [-0.3, -0.25) is 10.1 Å². The van der Waals surface area contributed by atoms with Crippen molar-refractivity contribution in [3.8, 4) is 0 Å². The van der Waals surface area contributed by atoms with Crippen LogP contribution in [0.4, 0.5) is 0 Å². The Labute approximate surface area is 72.6 Å². The van der Waals surface area contributed by atoms with Gasteiger partial charge >= 0.3 is 5.97 Å². The summed E-state index contributed by atoms with van der Waals surface area (Å²) in [5, 5.41) is 11.7. The standard InChI is InChI=1S/C7H15NO2S/c1-5(2)8-7(3,4-11)6(9)10/h5,8,11H,4H2,1-3H3,(H,9,10)/t7-/m0/s1. The maximum absolute atomic E-state index is 10.7. The van der Waals surface area contributed by atoms with Crippen LogP contribution in [-0.2, 0) is 4.79 Å². The van der Waals surface area contributed by atoms with Crippen LogP contribution in [0.1, 0.15) is 20.8 Å². The molecule has 0 aromatic rings. The van der Waals surface area contributed by atoms with Crippen molar-refractivity contribution in [3.63, 3.8) is 0 Å². The minimum absolute atomic E-state index is 0.156. The van der Waals surface area contributed by atoms with Crippen LogP contribution in [0.25, 0.3) is 0 Å². The highest BCUT2D eigenvalue weighted by Crippen LogP contribution is 2.07. The first-order chi connectivity index (χ1) is 4.92. The second kappa shape index (κ2) is 3.97. The highest BCUT2D eigenvalue weighted by atomic mass is 32.1. The summed E-state index contributed by atoms with van der Waals surface area (Å²) in [7, 11) is 0. The summed E-state index contributed by atoms with van der Waals surface area (Å²) in [6, 6.07) is 0.156. The molecule has 0 saturated heterocycles. The fourth-order valence-corrected chi connectivity index (χ4v) is 1.04. The summed E-state index contributed by atoms with van der Waals surface area (Å²) < 4.78 is 0. The first-order valence-corrected chi connectivity index (χ1v) is 4.17. The van der Waals surface area contributed by atoms with Crippen molar-refractivity contribution in [2.75, 3.05) is 5.75 Å². The highest BCUT2D eigenvalue weighted by molar-refractivity contribution is 7.80. The largest absolute Gasteiger partial charge is 0.480 e. The van der Waals surface area contributed by atoms with Gasteiger partial charge < -0.3 is 5.11 Å². The molecule has 4 heteroatoms. The number of carboxylic acid groups (broad SMARTS) is 1. The Morgan fingerprint density at radius 2 is 2.18 bits per heavy atom. The lowest BCUT2D eigenvalue weighted by Crippen LogP contribution is -2.53. The molecular weight excluding hydrogens is 162 g/mol. The van der Waals surface area contributed by atoms with Gasteiger partial charge in [-0.1, -0.05) is 0 Å². The Balaban J connectivity index is 4.22. The van der Waals surface area contributed by atoms with Crippen molar-refractivity contribution in [3.05, 3.63) is 0 Å². The molecule has 0 amide bonds. The zero-order valence-electron chi connectivity index (χ0n) is 7.09. The van der Waals surface area contributed by atoms with Crippen LogP contribution < -0.4 is 5.32 Å². The summed E-state index contributed by atoms with van der Waals surface area (Å²) in [4.78, 5) is 10.7. The zero-order valence-corrected chi connectivity index (χ0v) is 7.98. The van der Waals surface area contributed by atoms with Crippen molar-refractivity contribution in [1.82, 2.24) is 5.32 Å². The number of thiol groups is 1. The minimum atomic E-state index is -0.905. The molecule has 0 aliphatic rings. The second-order valence-corrected chi connectivity index (χ2v) is 3.41. The zero-order chi connectivity index (χ0) is 9.07. The highest BCUT2D eigenvalue weighted by Gasteiger charge is 2.31. The molecule has 2 N–H and O–H groups in total. The van der Waals surface area contributed by atoms with Gasteiger partial charge in [0.15, 0.2) is 0 Å². The van der Waals surface area contributed by atoms with Crippen LogP contribution in [0.3, 0.4) is 0 Å². The van der Waals surface area contributed by atoms with E-state index in [0.717, 1.165) is 0 Å². The molecule has 0 fully saturated rings. The molecule has 66 valence electrons. The van der Waals surface area contributed by atoms with Crippen molar-refractivity contribution in [1.29, 1.82) is 0 Å². The number of hydrogen-bond acceptors (Lipinski definition) is 3. The molecule has 0 aromatic carbocycles. The van der Waals surface area contributed by atoms with E-state index < -0.39 is 11.5 Å². The first-order valence-electron chi connectivity index (χ1n) is 3.54. The SMILES string of the molecule is CC(C)N[C@@](C)(CS)C(=O)O. The predicted molar refractivity (Wildman–Crippen MR) is 48.2 cm³/mol. The number of carboxylic acids is 1. The van der Waals surface area contributed by atoms with E-state index in [1.807, 2.05) is 13.8 Å². The lowest BCUT2D eigenvalue weighted by molar-refractivity contribution is -0.143. The second-order valence-electron chi connectivity index (χ2n) is 3.09. The van der Waals surface area contributed by atoms with E-state index >= 15 is 0 Å². The van der Waals surface area contributed by atoms with Crippen molar-refractivity contribution in [2.24, 2.45) is 0 Å². The van der Waals surface area contributed by atoms with Gasteiger partial charge in [-0.05, 0) is 20.8 Å². The molecule has 0 heterocycles. The summed E-state index contributed by atoms with van der Waals surface area (Å²) in [5.41, 5.74) is -0.905. The van der Waals surface area contributed by atoms with Crippen LogP contribution in [-0.4, -0.2) is 28.4 Å². The molecule has 11 heavy (non-hydrogen) atoms. The molecule has 0 bridgehead atoms. The lowest BCUT2D eigenvalue weighted by atomic mass is 10.1. The third-order valence-electron chi connectivity index (χ3n) is 1.40. The van der Waals surface area contributed by atoms with E-state index in [4.69, 9.17) is 5.11 Å². The molecule has 0 rings (SSSR count). The van der Waals surface area contributed by atoms with Gasteiger partial charge in [-0.15, -0.1) is 0 Å². The van der Waals surface area contributed by atoms with Gasteiger partial charge in [-0.25, -0.2) is 0 Å². The van der Waals surface area contributed by atoms with Crippen LogP contribution in [0.2, 0.25) is 0 Å². The molecule has 3 nitrogen and oxygen atoms in total.